The molecular weight excluding hydrogens is 504 g/mol. The van der Waals surface area contributed by atoms with E-state index >= 15 is 0 Å². The summed E-state index contributed by atoms with van der Waals surface area (Å²) in [5, 5.41) is 51.4. The van der Waals surface area contributed by atoms with Gasteiger partial charge in [0, 0.05) is 31.7 Å². The molecule has 1 unspecified atom stereocenters. The molecule has 0 amide bonds. The van der Waals surface area contributed by atoms with Crippen molar-refractivity contribution in [2.45, 2.75) is 87.5 Å². The zero-order valence-electron chi connectivity index (χ0n) is 21.7. The van der Waals surface area contributed by atoms with Gasteiger partial charge in [-0.3, -0.25) is 0 Å². The van der Waals surface area contributed by atoms with Crippen LogP contribution in [0.3, 0.4) is 0 Å². The molecule has 0 aromatic heterocycles. The molecule has 3 fully saturated rings. The van der Waals surface area contributed by atoms with E-state index in [4.69, 9.17) is 18.4 Å². The van der Waals surface area contributed by atoms with Crippen LogP contribution in [-0.2, 0) is 30.6 Å². The highest BCUT2D eigenvalue weighted by Crippen LogP contribution is 2.47. The first kappa shape index (κ1) is 28.7. The van der Waals surface area contributed by atoms with E-state index in [1.165, 1.54) is 6.26 Å². The van der Waals surface area contributed by atoms with E-state index in [9.17, 15) is 24.6 Å². The zero-order chi connectivity index (χ0) is 27.2. The Labute approximate surface area is 218 Å². The highest BCUT2D eigenvalue weighted by atomic mass is 32.2. The van der Waals surface area contributed by atoms with Crippen molar-refractivity contribution in [3.63, 3.8) is 0 Å². The van der Waals surface area contributed by atoms with Gasteiger partial charge >= 0.3 is 0 Å². The van der Waals surface area contributed by atoms with Gasteiger partial charge in [0.2, 0.25) is 12.1 Å². The molecule has 3 aliphatic rings. The minimum Gasteiger partial charge on any atom is -0.409 e. The van der Waals surface area contributed by atoms with Crippen molar-refractivity contribution in [2.24, 2.45) is 5.92 Å². The number of ether oxygens (including phenoxy) is 3. The summed E-state index contributed by atoms with van der Waals surface area (Å²) >= 11 is 0. The fourth-order valence-electron chi connectivity index (χ4n) is 5.73. The standard InChI is InChI=1S/C25H40N2O9S/c1-6-17-19(28)18(26-3)21-22(20(17)29)34-23-25(31,35-21)24(30,11-14(2)33-23)13-27-12-15-7-9-16(10-8-15)36-37(4,5)32/h7-10,14,17-23,26-31H,4,6,11-13H2,1-3,5H3/t14-,17-,18+,19+,20+,21-,22-,23+,24-,25-,37?/m1/s1. The van der Waals surface area contributed by atoms with Crippen molar-refractivity contribution in [2.75, 3.05) is 19.8 Å². The Bertz CT molecular complexity index is 1040. The summed E-state index contributed by atoms with van der Waals surface area (Å²) in [6.07, 6.45) is -3.60. The van der Waals surface area contributed by atoms with Gasteiger partial charge in [-0.2, -0.15) is 0 Å². The Morgan fingerprint density at radius 1 is 1.16 bits per heavy atom. The van der Waals surface area contributed by atoms with Gasteiger partial charge in [-0.1, -0.05) is 19.1 Å². The first-order chi connectivity index (χ1) is 17.3. The first-order valence-corrected chi connectivity index (χ1v) is 14.7. The second-order valence-corrected chi connectivity index (χ2v) is 12.5. The van der Waals surface area contributed by atoms with Crippen LogP contribution in [0.1, 0.15) is 32.3 Å². The maximum absolute atomic E-state index is 11.7. The molecular formula is C25H40N2O9S. The highest BCUT2D eigenvalue weighted by Gasteiger charge is 2.68. The third kappa shape index (κ3) is 5.55. The molecule has 0 radical (unpaired) electrons. The molecule has 0 bridgehead atoms. The van der Waals surface area contributed by atoms with Crippen LogP contribution >= 0.6 is 0 Å². The summed E-state index contributed by atoms with van der Waals surface area (Å²) in [4.78, 5) is 0. The first-order valence-electron chi connectivity index (χ1n) is 12.6. The minimum absolute atomic E-state index is 0.0543. The van der Waals surface area contributed by atoms with Crippen LogP contribution in [0.15, 0.2) is 24.3 Å². The number of benzene rings is 1. The topological polar surface area (TPSA) is 159 Å². The number of rotatable bonds is 8. The van der Waals surface area contributed by atoms with Crippen LogP contribution in [0.2, 0.25) is 0 Å². The molecule has 0 spiro atoms. The number of hydrogen-bond donors (Lipinski definition) is 6. The maximum Gasteiger partial charge on any atom is 0.249 e. The Hall–Kier alpha value is -1.32. The molecule has 6 N–H and O–H groups in total. The van der Waals surface area contributed by atoms with E-state index in [2.05, 4.69) is 16.5 Å². The molecule has 1 aromatic rings. The van der Waals surface area contributed by atoms with Crippen molar-refractivity contribution in [1.29, 1.82) is 0 Å². The van der Waals surface area contributed by atoms with Crippen molar-refractivity contribution < 1.29 is 43.0 Å². The Morgan fingerprint density at radius 2 is 1.84 bits per heavy atom. The van der Waals surface area contributed by atoms with Gasteiger partial charge in [0.05, 0.1) is 24.4 Å². The third-order valence-electron chi connectivity index (χ3n) is 7.57. The van der Waals surface area contributed by atoms with Crippen molar-refractivity contribution in [3.05, 3.63) is 29.8 Å². The van der Waals surface area contributed by atoms with Gasteiger partial charge in [0.1, 0.15) is 33.4 Å². The smallest absolute Gasteiger partial charge is 0.249 e. The van der Waals surface area contributed by atoms with E-state index in [0.717, 1.165) is 5.56 Å². The van der Waals surface area contributed by atoms with Gasteiger partial charge in [-0.05, 0) is 44.0 Å². The van der Waals surface area contributed by atoms with Crippen molar-refractivity contribution >= 4 is 15.7 Å². The third-order valence-corrected chi connectivity index (χ3v) is 8.12. The summed E-state index contributed by atoms with van der Waals surface area (Å²) in [7, 11) is -0.968. The lowest BCUT2D eigenvalue weighted by atomic mass is 9.74. The van der Waals surface area contributed by atoms with Crippen LogP contribution in [0.5, 0.6) is 5.75 Å². The van der Waals surface area contributed by atoms with E-state index in [1.807, 2.05) is 6.92 Å². The minimum atomic E-state index is -2.63. The lowest BCUT2D eigenvalue weighted by Crippen LogP contribution is -2.80. The predicted octanol–water partition coefficient (Wildman–Crippen LogP) is -0.896. The molecule has 2 saturated heterocycles. The fourth-order valence-corrected chi connectivity index (χ4v) is 6.25. The number of nitrogens with one attached hydrogen (secondary N) is 2. The normalized spacial score (nSPS) is 43.4. The van der Waals surface area contributed by atoms with Crippen LogP contribution in [0.25, 0.3) is 0 Å². The average Bonchev–Trinajstić information content (AvgIpc) is 2.80. The summed E-state index contributed by atoms with van der Waals surface area (Å²) < 4.78 is 35.1. The SMILES string of the molecule is C=S(C)(=O)Oc1ccc(CNC[C@]2(O)C[C@@H](C)O[C@H]3O[C@@H]4[C@@H](O)[C@H](CC)[C@H](O)[C@H](NC)[C@H]4O[C@]32O)cc1. The molecule has 210 valence electrons. The Morgan fingerprint density at radius 3 is 2.43 bits per heavy atom. The fraction of sp³-hybridized carbons (Fsp3) is 0.720. The van der Waals surface area contributed by atoms with Gasteiger partial charge in [0.15, 0.2) is 0 Å². The van der Waals surface area contributed by atoms with Crippen LogP contribution in [0.4, 0.5) is 0 Å². The lowest BCUT2D eigenvalue weighted by Gasteiger charge is -2.60. The second kappa shape index (κ2) is 10.7. The van der Waals surface area contributed by atoms with Crippen LogP contribution < -0.4 is 14.8 Å². The molecule has 1 aromatic carbocycles. The molecule has 11 atom stereocenters. The van der Waals surface area contributed by atoms with Crippen LogP contribution in [0, 0.1) is 5.92 Å². The van der Waals surface area contributed by atoms with Crippen LogP contribution in [-0.4, -0.2) is 105 Å². The molecule has 2 heterocycles. The van der Waals surface area contributed by atoms with E-state index in [-0.39, 0.29) is 13.0 Å². The highest BCUT2D eigenvalue weighted by molar-refractivity contribution is 7.95. The summed E-state index contributed by atoms with van der Waals surface area (Å²) in [5.41, 5.74) is -0.938. The van der Waals surface area contributed by atoms with Gasteiger partial charge in [-0.25, -0.2) is 4.21 Å². The molecule has 1 aliphatic carbocycles. The Balaban J connectivity index is 1.50. The molecule has 1 saturated carbocycles. The van der Waals surface area contributed by atoms with Gasteiger partial charge in [-0.15, -0.1) is 0 Å². The van der Waals surface area contributed by atoms with E-state index in [1.54, 1.807) is 38.2 Å². The number of aliphatic hydroxyl groups is 4. The second-order valence-electron chi connectivity index (χ2n) is 10.5. The summed E-state index contributed by atoms with van der Waals surface area (Å²) in [5.74, 6) is 1.20. The number of hydrogen-bond acceptors (Lipinski definition) is 11. The monoisotopic (exact) mass is 544 g/mol. The molecule has 4 rings (SSSR count). The van der Waals surface area contributed by atoms with Gasteiger partial charge in [0.25, 0.3) is 0 Å². The quantitative estimate of drug-likeness (QED) is 0.225. The predicted molar refractivity (Wildman–Crippen MR) is 137 cm³/mol. The van der Waals surface area contributed by atoms with Gasteiger partial charge < -0.3 is 49.5 Å². The molecule has 11 nitrogen and oxygen atoms in total. The average molecular weight is 545 g/mol. The molecule has 12 heteroatoms. The maximum atomic E-state index is 11.7. The van der Waals surface area contributed by atoms with Crippen molar-refractivity contribution in [3.8, 4) is 5.75 Å². The zero-order valence-corrected chi connectivity index (χ0v) is 22.5. The number of aliphatic hydroxyl groups excluding tert-OH is 2. The van der Waals surface area contributed by atoms with E-state index in [0.29, 0.717) is 18.7 Å². The number of likely N-dealkylation sites (N-methyl/N-ethyl adjacent to an activating group) is 1. The lowest BCUT2D eigenvalue weighted by molar-refractivity contribution is -0.483. The summed E-state index contributed by atoms with van der Waals surface area (Å²) in [6, 6.07) is 6.30. The number of fused-ring (bicyclic) bond motifs is 2. The van der Waals surface area contributed by atoms with Crippen molar-refractivity contribution in [1.82, 2.24) is 10.6 Å². The largest absolute Gasteiger partial charge is 0.409 e. The van der Waals surface area contributed by atoms with E-state index < -0.39 is 70.0 Å². The molecule has 2 aliphatic heterocycles. The molecule has 37 heavy (non-hydrogen) atoms. The Kier molecular flexibility index (Phi) is 8.28. The summed E-state index contributed by atoms with van der Waals surface area (Å²) in [6.45, 7) is 3.93.